The Hall–Kier alpha value is -1.59. The minimum Gasteiger partial charge on any atom is -0.494 e. The average molecular weight is 352 g/mol. The van der Waals surface area contributed by atoms with E-state index in [-0.39, 0.29) is 5.78 Å². The quantitative estimate of drug-likeness (QED) is 0.604. The van der Waals surface area contributed by atoms with E-state index in [2.05, 4.69) is 21.2 Å². The zero-order valence-corrected chi connectivity index (χ0v) is 13.3. The van der Waals surface area contributed by atoms with Gasteiger partial charge in [-0.15, -0.1) is 11.3 Å². The molecule has 1 N–H and O–H groups in total. The first-order chi connectivity index (χ1) is 9.69. The molecule has 0 atom stereocenters. The van der Waals surface area contributed by atoms with Crippen molar-refractivity contribution in [2.75, 3.05) is 11.9 Å². The van der Waals surface area contributed by atoms with Gasteiger partial charge in [-0.25, -0.2) is 0 Å². The Morgan fingerprint density at radius 2 is 2.05 bits per heavy atom. The fourth-order valence-corrected chi connectivity index (χ4v) is 2.86. The van der Waals surface area contributed by atoms with Crippen LogP contribution in [0.25, 0.3) is 0 Å². The monoisotopic (exact) mass is 351 g/mol. The van der Waals surface area contributed by atoms with Gasteiger partial charge in [0.2, 0.25) is 0 Å². The number of halogens is 1. The molecule has 2 rings (SSSR count). The van der Waals surface area contributed by atoms with Crippen molar-refractivity contribution in [3.05, 3.63) is 57.3 Å². The molecule has 0 saturated carbocycles. The van der Waals surface area contributed by atoms with Gasteiger partial charge in [-0.2, -0.15) is 0 Å². The summed E-state index contributed by atoms with van der Waals surface area (Å²) in [6.45, 7) is 2.60. The van der Waals surface area contributed by atoms with Crippen LogP contribution in [0.5, 0.6) is 5.75 Å². The normalized spacial score (nSPS) is 10.7. The van der Waals surface area contributed by atoms with Crippen LogP contribution >= 0.6 is 27.3 Å². The van der Waals surface area contributed by atoms with Crippen molar-refractivity contribution in [3.63, 3.8) is 0 Å². The predicted octanol–water partition coefficient (Wildman–Crippen LogP) is 4.72. The van der Waals surface area contributed by atoms with E-state index in [0.717, 1.165) is 15.2 Å². The zero-order chi connectivity index (χ0) is 14.4. The molecule has 0 aliphatic rings. The number of hydrogen-bond donors (Lipinski definition) is 1. The van der Waals surface area contributed by atoms with Crippen molar-refractivity contribution >= 4 is 38.7 Å². The summed E-state index contributed by atoms with van der Waals surface area (Å²) in [5.41, 5.74) is 0.907. The fraction of sp³-hybridized carbons (Fsp3) is 0.133. The highest BCUT2D eigenvalue weighted by Crippen LogP contribution is 2.22. The summed E-state index contributed by atoms with van der Waals surface area (Å²) in [5.74, 6) is 0.820. The third kappa shape index (κ3) is 4.21. The van der Waals surface area contributed by atoms with E-state index in [4.69, 9.17) is 4.74 Å². The van der Waals surface area contributed by atoms with Crippen LogP contribution in [0.1, 0.15) is 16.6 Å². The van der Waals surface area contributed by atoms with Gasteiger partial charge in [-0.1, -0.05) is 0 Å². The molecule has 1 aromatic heterocycles. The fourth-order valence-electron chi connectivity index (χ4n) is 1.56. The molecule has 5 heteroatoms. The molecule has 3 nitrogen and oxygen atoms in total. The highest BCUT2D eigenvalue weighted by Gasteiger charge is 2.04. The second-order valence-electron chi connectivity index (χ2n) is 3.90. The number of nitrogens with one attached hydrogen (secondary N) is 1. The van der Waals surface area contributed by atoms with E-state index >= 15 is 0 Å². The number of hydrogen-bond acceptors (Lipinski definition) is 4. The number of carbonyl (C=O) groups excluding carboxylic acids is 1. The van der Waals surface area contributed by atoms with E-state index in [1.165, 1.54) is 17.4 Å². The molecule has 0 aliphatic heterocycles. The summed E-state index contributed by atoms with van der Waals surface area (Å²) in [5, 5.41) is 3.06. The first-order valence-electron chi connectivity index (χ1n) is 6.14. The Morgan fingerprint density at radius 1 is 1.30 bits per heavy atom. The molecule has 0 fully saturated rings. The lowest BCUT2D eigenvalue weighted by atomic mass is 10.3. The zero-order valence-electron chi connectivity index (χ0n) is 10.9. The minimum absolute atomic E-state index is 0.0147. The predicted molar refractivity (Wildman–Crippen MR) is 86.7 cm³/mol. The molecule has 0 unspecified atom stereocenters. The molecule has 1 heterocycles. The second-order valence-corrected chi connectivity index (χ2v) is 6.37. The smallest absolute Gasteiger partial charge is 0.197 e. The minimum atomic E-state index is -0.0147. The van der Waals surface area contributed by atoms with Crippen LogP contribution in [-0.2, 0) is 0 Å². The topological polar surface area (TPSA) is 38.3 Å². The highest BCUT2D eigenvalue weighted by molar-refractivity contribution is 9.11. The lowest BCUT2D eigenvalue weighted by molar-refractivity contribution is 0.105. The van der Waals surface area contributed by atoms with Crippen molar-refractivity contribution in [1.82, 2.24) is 0 Å². The third-order valence-electron chi connectivity index (χ3n) is 2.47. The maximum atomic E-state index is 11.8. The lowest BCUT2D eigenvalue weighted by Crippen LogP contribution is -1.94. The van der Waals surface area contributed by atoms with Gasteiger partial charge in [0.1, 0.15) is 5.75 Å². The van der Waals surface area contributed by atoms with Crippen molar-refractivity contribution in [1.29, 1.82) is 0 Å². The number of thiophene rings is 1. The number of carbonyl (C=O) groups is 1. The molecule has 2 aromatic rings. The van der Waals surface area contributed by atoms with E-state index in [1.807, 2.05) is 37.3 Å². The number of benzene rings is 1. The van der Waals surface area contributed by atoms with Gasteiger partial charge in [-0.05, 0) is 59.3 Å². The maximum Gasteiger partial charge on any atom is 0.197 e. The van der Waals surface area contributed by atoms with Gasteiger partial charge in [0, 0.05) is 18.0 Å². The summed E-state index contributed by atoms with van der Waals surface area (Å²) in [4.78, 5) is 12.5. The molecule has 0 radical (unpaired) electrons. The van der Waals surface area contributed by atoms with Crippen LogP contribution in [0, 0.1) is 0 Å². The van der Waals surface area contributed by atoms with Crippen LogP contribution in [0.3, 0.4) is 0 Å². The largest absolute Gasteiger partial charge is 0.494 e. The first kappa shape index (κ1) is 14.8. The van der Waals surface area contributed by atoms with E-state index in [0.29, 0.717) is 11.5 Å². The van der Waals surface area contributed by atoms with Gasteiger partial charge in [-0.3, -0.25) is 4.79 Å². The van der Waals surface area contributed by atoms with Gasteiger partial charge in [0.05, 0.1) is 15.3 Å². The molecule has 0 bridgehead atoms. The number of anilines is 1. The van der Waals surface area contributed by atoms with E-state index < -0.39 is 0 Å². The van der Waals surface area contributed by atoms with Gasteiger partial charge in [0.15, 0.2) is 5.78 Å². The van der Waals surface area contributed by atoms with Crippen LogP contribution in [0.15, 0.2) is 52.5 Å². The van der Waals surface area contributed by atoms with Crippen molar-refractivity contribution < 1.29 is 9.53 Å². The van der Waals surface area contributed by atoms with Crippen molar-refractivity contribution in [3.8, 4) is 5.75 Å². The molecule has 1 aromatic carbocycles. The molecule has 0 aliphatic carbocycles. The van der Waals surface area contributed by atoms with E-state index in [1.54, 1.807) is 12.3 Å². The standard InChI is InChI=1S/C15H14BrNO2S/c1-2-19-12-5-3-11(4-6-12)17-10-9-13(18)14-7-8-15(16)20-14/h3-10,17H,2H2,1H3/b10-9-. The molecule has 0 amide bonds. The lowest BCUT2D eigenvalue weighted by Gasteiger charge is -2.04. The van der Waals surface area contributed by atoms with E-state index in [9.17, 15) is 4.79 Å². The molecule has 20 heavy (non-hydrogen) atoms. The Bertz CT molecular complexity index is 605. The first-order valence-corrected chi connectivity index (χ1v) is 7.75. The number of ether oxygens (including phenoxy) is 1. The van der Waals surface area contributed by atoms with Gasteiger partial charge in [0.25, 0.3) is 0 Å². The summed E-state index contributed by atoms with van der Waals surface area (Å²) < 4.78 is 6.31. The molecular formula is C15H14BrNO2S. The number of allylic oxidation sites excluding steroid dienone is 1. The molecule has 0 saturated heterocycles. The Balaban J connectivity index is 1.91. The second kappa shape index (κ2) is 7.26. The summed E-state index contributed by atoms with van der Waals surface area (Å²) in [7, 11) is 0. The SMILES string of the molecule is CCOc1ccc(N/C=C\C(=O)c2ccc(Br)s2)cc1. The van der Waals surface area contributed by atoms with Crippen molar-refractivity contribution in [2.45, 2.75) is 6.92 Å². The number of rotatable bonds is 6. The Labute approximate surface area is 130 Å². The van der Waals surface area contributed by atoms with Crippen LogP contribution < -0.4 is 10.1 Å². The molecular weight excluding hydrogens is 338 g/mol. The summed E-state index contributed by atoms with van der Waals surface area (Å²) >= 11 is 4.76. The number of ketones is 1. The third-order valence-corrected chi connectivity index (χ3v) is 4.10. The van der Waals surface area contributed by atoms with Gasteiger partial charge < -0.3 is 10.1 Å². The van der Waals surface area contributed by atoms with Crippen LogP contribution in [0.2, 0.25) is 0 Å². The summed E-state index contributed by atoms with van der Waals surface area (Å²) in [6, 6.07) is 11.3. The van der Waals surface area contributed by atoms with Crippen molar-refractivity contribution in [2.24, 2.45) is 0 Å². The van der Waals surface area contributed by atoms with Crippen LogP contribution in [0.4, 0.5) is 5.69 Å². The average Bonchev–Trinajstić information content (AvgIpc) is 2.88. The molecule has 104 valence electrons. The van der Waals surface area contributed by atoms with Gasteiger partial charge >= 0.3 is 0 Å². The summed E-state index contributed by atoms with van der Waals surface area (Å²) in [6.07, 6.45) is 3.17. The maximum absolute atomic E-state index is 11.8. The van der Waals surface area contributed by atoms with Crippen LogP contribution in [-0.4, -0.2) is 12.4 Å². The highest BCUT2D eigenvalue weighted by atomic mass is 79.9. The Kier molecular flexibility index (Phi) is 5.38. The molecule has 0 spiro atoms. The Morgan fingerprint density at radius 3 is 2.65 bits per heavy atom.